The van der Waals surface area contributed by atoms with Gasteiger partial charge in [-0.25, -0.2) is 18.9 Å². The molecular weight excluding hydrogens is 487 g/mol. The molecule has 2 aromatic carbocycles. The number of rotatable bonds is 6. The summed E-state index contributed by atoms with van der Waals surface area (Å²) in [5.74, 6) is -0.204. The molecule has 4 aromatic rings. The molecule has 9 nitrogen and oxygen atoms in total. The van der Waals surface area contributed by atoms with Crippen molar-refractivity contribution in [1.82, 2.24) is 13.7 Å². The van der Waals surface area contributed by atoms with Crippen molar-refractivity contribution in [3.05, 3.63) is 96.7 Å². The van der Waals surface area contributed by atoms with E-state index in [0.29, 0.717) is 29.1 Å². The molecule has 0 saturated carbocycles. The molecule has 4 rings (SSSR count). The number of aromatic nitrogens is 3. The number of hydrogen-bond donors (Lipinski definition) is 1. The molecule has 0 fully saturated rings. The van der Waals surface area contributed by atoms with Crippen LogP contribution in [0.3, 0.4) is 0 Å². The van der Waals surface area contributed by atoms with E-state index in [9.17, 15) is 14.4 Å². The SMILES string of the molecule is CC.COc1ccc(Cn2c(=O)c3c(OSN)cc(=O)n(C)c3n(-c3ccc(C)cc3F)c2=O)cc1. The van der Waals surface area contributed by atoms with E-state index in [0.717, 1.165) is 19.8 Å². The number of benzene rings is 2. The first-order chi connectivity index (χ1) is 17.3. The topological polar surface area (TPSA) is 110 Å². The lowest BCUT2D eigenvalue weighted by atomic mass is 10.2. The second kappa shape index (κ2) is 11.3. The first kappa shape index (κ1) is 26.8. The molecule has 0 aliphatic heterocycles. The Morgan fingerprint density at radius 2 is 1.69 bits per heavy atom. The van der Waals surface area contributed by atoms with E-state index < -0.39 is 22.6 Å². The van der Waals surface area contributed by atoms with Crippen molar-refractivity contribution in [2.45, 2.75) is 27.3 Å². The third kappa shape index (κ3) is 4.93. The Morgan fingerprint density at radius 1 is 1.03 bits per heavy atom. The maximum absolute atomic E-state index is 15.1. The lowest BCUT2D eigenvalue weighted by Crippen LogP contribution is -2.42. The molecular formula is C25H27FN4O5S. The number of ether oxygens (including phenoxy) is 1. The normalized spacial score (nSPS) is 10.6. The molecule has 0 aliphatic rings. The second-order valence-corrected chi connectivity index (χ2v) is 7.96. The van der Waals surface area contributed by atoms with Gasteiger partial charge in [0.2, 0.25) is 0 Å². The van der Waals surface area contributed by atoms with Gasteiger partial charge >= 0.3 is 5.69 Å². The summed E-state index contributed by atoms with van der Waals surface area (Å²) in [5, 5.41) is 5.35. The summed E-state index contributed by atoms with van der Waals surface area (Å²) in [5.41, 5.74) is -1.04. The Kier molecular flexibility index (Phi) is 8.38. The van der Waals surface area contributed by atoms with Gasteiger partial charge in [-0.05, 0) is 42.3 Å². The van der Waals surface area contributed by atoms with Crippen LogP contribution in [0, 0.1) is 12.7 Å². The monoisotopic (exact) mass is 514 g/mol. The first-order valence-corrected chi connectivity index (χ1v) is 11.9. The van der Waals surface area contributed by atoms with E-state index in [2.05, 4.69) is 0 Å². The molecule has 0 spiro atoms. The summed E-state index contributed by atoms with van der Waals surface area (Å²) in [7, 11) is 2.91. The van der Waals surface area contributed by atoms with Gasteiger partial charge in [-0.15, -0.1) is 0 Å². The summed E-state index contributed by atoms with van der Waals surface area (Å²) in [6.07, 6.45) is 0. The number of nitrogens with two attached hydrogens (primary N) is 1. The maximum Gasteiger partial charge on any atom is 0.337 e. The summed E-state index contributed by atoms with van der Waals surface area (Å²) in [6.45, 7) is 5.60. The molecule has 2 heterocycles. The van der Waals surface area contributed by atoms with Crippen molar-refractivity contribution in [2.75, 3.05) is 7.11 Å². The van der Waals surface area contributed by atoms with Crippen LogP contribution in [0.1, 0.15) is 25.0 Å². The van der Waals surface area contributed by atoms with Crippen LogP contribution in [-0.4, -0.2) is 20.8 Å². The fourth-order valence-electron chi connectivity index (χ4n) is 3.74. The van der Waals surface area contributed by atoms with Crippen LogP contribution in [0.5, 0.6) is 11.5 Å². The highest BCUT2D eigenvalue weighted by molar-refractivity contribution is 7.92. The lowest BCUT2D eigenvalue weighted by Gasteiger charge is -2.18. The molecule has 0 atom stereocenters. The molecule has 11 heteroatoms. The summed E-state index contributed by atoms with van der Waals surface area (Å²) < 4.78 is 28.6. The zero-order valence-corrected chi connectivity index (χ0v) is 21.4. The number of fused-ring (bicyclic) bond motifs is 1. The Hall–Kier alpha value is -3.83. The number of aryl methyl sites for hydroxylation is 2. The molecule has 0 unspecified atom stereocenters. The van der Waals surface area contributed by atoms with Crippen LogP contribution >= 0.6 is 12.2 Å². The molecule has 0 amide bonds. The highest BCUT2D eigenvalue weighted by Gasteiger charge is 2.23. The predicted octanol–water partition coefficient (Wildman–Crippen LogP) is 3.28. The average Bonchev–Trinajstić information content (AvgIpc) is 2.87. The van der Waals surface area contributed by atoms with Gasteiger partial charge in [0.25, 0.3) is 11.1 Å². The third-order valence-electron chi connectivity index (χ3n) is 5.45. The number of halogens is 1. The number of nitrogens with zero attached hydrogens (tertiary/aromatic N) is 3. The van der Waals surface area contributed by atoms with Crippen molar-refractivity contribution in [3.63, 3.8) is 0 Å². The summed E-state index contributed by atoms with van der Waals surface area (Å²) in [6, 6.07) is 12.2. The lowest BCUT2D eigenvalue weighted by molar-refractivity contribution is 0.414. The number of hydrogen-bond acceptors (Lipinski definition) is 7. The van der Waals surface area contributed by atoms with Gasteiger partial charge in [0, 0.05) is 13.1 Å². The van der Waals surface area contributed by atoms with E-state index >= 15 is 4.39 Å². The molecule has 0 aliphatic carbocycles. The van der Waals surface area contributed by atoms with Crippen molar-refractivity contribution >= 4 is 23.3 Å². The Labute approximate surface area is 210 Å². The molecule has 0 saturated heterocycles. The zero-order chi connectivity index (χ0) is 26.6. The summed E-state index contributed by atoms with van der Waals surface area (Å²) in [4.78, 5) is 39.8. The maximum atomic E-state index is 15.1. The molecule has 0 radical (unpaired) electrons. The van der Waals surface area contributed by atoms with Gasteiger partial charge < -0.3 is 8.92 Å². The van der Waals surface area contributed by atoms with Crippen LogP contribution in [0.2, 0.25) is 0 Å². The van der Waals surface area contributed by atoms with E-state index in [1.54, 1.807) is 37.3 Å². The largest absolute Gasteiger partial charge is 0.497 e. The molecule has 190 valence electrons. The molecule has 0 bridgehead atoms. The fraction of sp³-hybridized carbons (Fsp3) is 0.240. The molecule has 2 N–H and O–H groups in total. The van der Waals surface area contributed by atoms with Crippen molar-refractivity contribution in [3.8, 4) is 17.2 Å². The number of methoxy groups -OCH3 is 1. The van der Waals surface area contributed by atoms with Crippen LogP contribution < -0.4 is 30.9 Å². The Morgan fingerprint density at radius 3 is 2.28 bits per heavy atom. The van der Waals surface area contributed by atoms with Gasteiger partial charge in [-0.3, -0.25) is 18.7 Å². The Balaban J connectivity index is 0.00000176. The third-order valence-corrected chi connectivity index (χ3v) is 5.72. The zero-order valence-electron chi connectivity index (χ0n) is 20.6. The van der Waals surface area contributed by atoms with Crippen molar-refractivity contribution in [1.29, 1.82) is 0 Å². The van der Waals surface area contributed by atoms with E-state index in [1.807, 2.05) is 13.8 Å². The van der Waals surface area contributed by atoms with Crippen LogP contribution in [0.15, 0.2) is 62.9 Å². The van der Waals surface area contributed by atoms with Gasteiger partial charge in [0.15, 0.2) is 5.75 Å². The van der Waals surface area contributed by atoms with Crippen LogP contribution in [0.4, 0.5) is 4.39 Å². The van der Waals surface area contributed by atoms with E-state index in [-0.39, 0.29) is 29.0 Å². The van der Waals surface area contributed by atoms with Gasteiger partial charge in [0.05, 0.1) is 19.3 Å². The average molecular weight is 515 g/mol. The second-order valence-electron chi connectivity index (χ2n) is 7.60. The minimum absolute atomic E-state index is 0.0897. The van der Waals surface area contributed by atoms with Crippen molar-refractivity contribution < 1.29 is 13.3 Å². The van der Waals surface area contributed by atoms with E-state index in [1.165, 1.54) is 26.3 Å². The van der Waals surface area contributed by atoms with Gasteiger partial charge in [-0.1, -0.05) is 32.0 Å². The summed E-state index contributed by atoms with van der Waals surface area (Å²) >= 11 is 0.446. The van der Waals surface area contributed by atoms with Crippen LogP contribution in [-0.2, 0) is 13.6 Å². The molecule has 2 aromatic heterocycles. The smallest absolute Gasteiger partial charge is 0.337 e. The fourth-order valence-corrected chi connectivity index (χ4v) is 3.98. The highest BCUT2D eigenvalue weighted by Crippen LogP contribution is 2.24. The highest BCUT2D eigenvalue weighted by atomic mass is 32.2. The first-order valence-electron chi connectivity index (χ1n) is 11.1. The standard InChI is InChI=1S/C23H21FN4O5S.C2H6/c1-13-4-9-17(16(24)10-13)28-21-20(18(33-34-25)11-19(29)26(21)2)22(30)27(23(28)31)12-14-5-7-15(32-3)8-6-14;1-2/h4-11H,12,25H2,1-3H3;1-2H3. The van der Waals surface area contributed by atoms with E-state index in [4.69, 9.17) is 14.1 Å². The molecule has 36 heavy (non-hydrogen) atoms. The van der Waals surface area contributed by atoms with Gasteiger partial charge in [-0.2, -0.15) is 0 Å². The minimum atomic E-state index is -0.816. The predicted molar refractivity (Wildman–Crippen MR) is 140 cm³/mol. The Bertz CT molecular complexity index is 1580. The quantitative estimate of drug-likeness (QED) is 0.311. The van der Waals surface area contributed by atoms with Crippen LogP contribution in [0.25, 0.3) is 16.7 Å². The minimum Gasteiger partial charge on any atom is -0.497 e. The number of pyridine rings is 1. The van der Waals surface area contributed by atoms with Gasteiger partial charge in [0.1, 0.15) is 34.8 Å². The van der Waals surface area contributed by atoms with Crippen molar-refractivity contribution in [2.24, 2.45) is 12.2 Å².